The second kappa shape index (κ2) is 17.0. The lowest BCUT2D eigenvalue weighted by atomic mass is 9.99. The molecule has 4 N–H and O–H groups in total. The topological polar surface area (TPSA) is 120 Å². The molecule has 0 unspecified atom stereocenters. The quantitative estimate of drug-likeness (QED) is 0.0927. The van der Waals surface area contributed by atoms with Crippen molar-refractivity contribution in [2.45, 2.75) is 83.0 Å². The van der Waals surface area contributed by atoms with Gasteiger partial charge in [-0.1, -0.05) is 79.6 Å². The molecule has 4 atom stereocenters. The molecule has 1 heterocycles. The van der Waals surface area contributed by atoms with Crippen LogP contribution in [0.3, 0.4) is 0 Å². The molecule has 0 bridgehead atoms. The van der Waals surface area contributed by atoms with Crippen LogP contribution in [0.15, 0.2) is 78.9 Å². The van der Waals surface area contributed by atoms with Gasteiger partial charge in [0.05, 0.1) is 18.8 Å². The third-order valence-electron chi connectivity index (χ3n) is 8.17. The fourth-order valence-electron chi connectivity index (χ4n) is 5.47. The highest BCUT2D eigenvalue weighted by Crippen LogP contribution is 2.39. The Morgan fingerprint density at radius 1 is 0.886 bits per heavy atom. The average molecular weight is 604 g/mol. The minimum Gasteiger partial charge on any atom is -0.392 e. The highest BCUT2D eigenvalue weighted by atomic mass is 16.7. The van der Waals surface area contributed by atoms with Crippen molar-refractivity contribution in [3.63, 3.8) is 0 Å². The van der Waals surface area contributed by atoms with Crippen molar-refractivity contribution in [1.82, 2.24) is 10.4 Å². The van der Waals surface area contributed by atoms with Crippen LogP contribution in [-0.2, 0) is 25.7 Å². The van der Waals surface area contributed by atoms with Gasteiger partial charge in [-0.25, -0.2) is 5.48 Å². The molecular formula is C35H45N3O6. The highest BCUT2D eigenvalue weighted by molar-refractivity contribution is 5.90. The Kier molecular flexibility index (Phi) is 12.9. The molecule has 0 saturated carbocycles. The van der Waals surface area contributed by atoms with Gasteiger partial charge in [0, 0.05) is 43.1 Å². The second-order valence-electron chi connectivity index (χ2n) is 11.5. The zero-order valence-corrected chi connectivity index (χ0v) is 25.7. The van der Waals surface area contributed by atoms with E-state index >= 15 is 0 Å². The number of nitrogens with zero attached hydrogens (tertiary/aromatic N) is 1. The smallest absolute Gasteiger partial charge is 0.243 e. The van der Waals surface area contributed by atoms with Crippen LogP contribution in [0.25, 0.3) is 0 Å². The second-order valence-corrected chi connectivity index (χ2v) is 11.5. The molecule has 0 spiro atoms. The predicted octanol–water partition coefficient (Wildman–Crippen LogP) is 6.20. The van der Waals surface area contributed by atoms with Crippen LogP contribution < -0.4 is 10.8 Å². The maximum Gasteiger partial charge on any atom is 0.243 e. The van der Waals surface area contributed by atoms with Gasteiger partial charge in [-0.15, -0.1) is 0 Å². The Balaban J connectivity index is 1.41. The molecule has 4 rings (SSSR count). The lowest BCUT2D eigenvalue weighted by Gasteiger charge is -2.39. The van der Waals surface area contributed by atoms with E-state index in [2.05, 4.69) is 48.5 Å². The van der Waals surface area contributed by atoms with Crippen molar-refractivity contribution in [2.24, 2.45) is 0 Å². The number of unbranched alkanes of at least 4 members (excludes halogenated alkanes) is 3. The molecule has 2 amide bonds. The zero-order chi connectivity index (χ0) is 31.3. The first-order valence-electron chi connectivity index (χ1n) is 15.4. The summed E-state index contributed by atoms with van der Waals surface area (Å²) in [5.74, 6) is -0.462. The number of hydrogen-bond acceptors (Lipinski definition) is 7. The third-order valence-corrected chi connectivity index (χ3v) is 8.17. The molecule has 1 saturated heterocycles. The van der Waals surface area contributed by atoms with Crippen molar-refractivity contribution in [2.75, 3.05) is 18.9 Å². The summed E-state index contributed by atoms with van der Waals surface area (Å²) in [4.78, 5) is 26.0. The number of hydrogen-bond donors (Lipinski definition) is 4. The maximum absolute atomic E-state index is 12.6. The van der Waals surface area contributed by atoms with E-state index in [0.29, 0.717) is 37.9 Å². The van der Waals surface area contributed by atoms with Crippen molar-refractivity contribution < 1.29 is 29.4 Å². The van der Waals surface area contributed by atoms with E-state index in [-0.39, 0.29) is 43.1 Å². The number of carbonyl (C=O) groups is 2. The summed E-state index contributed by atoms with van der Waals surface area (Å²) in [5.41, 5.74) is 6.26. The number of hydroxylamine groups is 1. The van der Waals surface area contributed by atoms with Crippen LogP contribution in [0.4, 0.5) is 5.69 Å². The first-order chi connectivity index (χ1) is 21.4. The van der Waals surface area contributed by atoms with E-state index in [0.717, 1.165) is 29.5 Å². The summed E-state index contributed by atoms with van der Waals surface area (Å²) in [7, 11) is 2.11. The Hall–Kier alpha value is -3.60. The van der Waals surface area contributed by atoms with Crippen LogP contribution >= 0.6 is 0 Å². The van der Waals surface area contributed by atoms with Crippen LogP contribution in [0.1, 0.15) is 92.6 Å². The number of ether oxygens (including phenoxy) is 2. The standard InChI is InChI=1S/C35H45N3O6/c1-25(27-11-6-5-7-12-27)38(2)23-31-22-32(28-19-17-26(24-39)18-20-28)44-35(43-31)29-13-10-14-30(21-29)36-33(40)15-8-3-4-9-16-34(41)37-42/h5-7,10-14,17-21,25,31-32,35,39,42H,3-4,8-9,15-16,22-24H2,1-2H3,(H,36,40)(H,37,41)/t25-,31-,32+,35+/m0/s1. The highest BCUT2D eigenvalue weighted by Gasteiger charge is 2.33. The van der Waals surface area contributed by atoms with Gasteiger partial charge in [-0.05, 0) is 55.6 Å². The number of anilines is 1. The fraction of sp³-hybridized carbons (Fsp3) is 0.429. The number of amides is 2. The van der Waals surface area contributed by atoms with E-state index in [4.69, 9.17) is 14.7 Å². The lowest BCUT2D eigenvalue weighted by molar-refractivity contribution is -0.253. The molecule has 1 aliphatic rings. The number of likely N-dealkylation sites (N-methyl/N-ethyl adjacent to an activating group) is 1. The largest absolute Gasteiger partial charge is 0.392 e. The summed E-state index contributed by atoms with van der Waals surface area (Å²) >= 11 is 0. The van der Waals surface area contributed by atoms with Gasteiger partial charge in [0.1, 0.15) is 0 Å². The summed E-state index contributed by atoms with van der Waals surface area (Å²) < 4.78 is 13.1. The number of nitrogens with one attached hydrogen (secondary N) is 2. The number of carbonyl (C=O) groups excluding carboxylic acids is 2. The molecule has 44 heavy (non-hydrogen) atoms. The Bertz CT molecular complexity index is 1320. The maximum atomic E-state index is 12.6. The molecule has 3 aromatic rings. The van der Waals surface area contributed by atoms with Crippen LogP contribution in [0.5, 0.6) is 0 Å². The van der Waals surface area contributed by atoms with E-state index < -0.39 is 6.29 Å². The molecule has 3 aromatic carbocycles. The van der Waals surface area contributed by atoms with Gasteiger partial charge >= 0.3 is 0 Å². The molecule has 236 valence electrons. The molecule has 9 heteroatoms. The summed E-state index contributed by atoms with van der Waals surface area (Å²) in [6, 6.07) is 26.1. The minimum absolute atomic E-state index is 0.00972. The summed E-state index contributed by atoms with van der Waals surface area (Å²) in [6.45, 7) is 2.89. The predicted molar refractivity (Wildman–Crippen MR) is 169 cm³/mol. The molecule has 0 aromatic heterocycles. The normalized spacial score (nSPS) is 19.0. The third kappa shape index (κ3) is 9.97. The van der Waals surface area contributed by atoms with E-state index in [1.165, 1.54) is 5.56 Å². The number of aliphatic hydroxyl groups excluding tert-OH is 1. The summed E-state index contributed by atoms with van der Waals surface area (Å²) in [6.07, 6.45) is 3.45. The van der Waals surface area contributed by atoms with Gasteiger partial charge in [0.15, 0.2) is 6.29 Å². The zero-order valence-electron chi connectivity index (χ0n) is 25.7. The molecule has 1 fully saturated rings. The Morgan fingerprint density at radius 2 is 1.59 bits per heavy atom. The van der Waals surface area contributed by atoms with E-state index in [9.17, 15) is 14.7 Å². The van der Waals surface area contributed by atoms with Gasteiger partial charge in [-0.2, -0.15) is 0 Å². The molecular weight excluding hydrogens is 558 g/mol. The Labute approximate surface area is 260 Å². The minimum atomic E-state index is -0.621. The molecule has 1 aliphatic heterocycles. The van der Waals surface area contributed by atoms with Crippen LogP contribution in [-0.4, -0.2) is 46.7 Å². The number of benzene rings is 3. The lowest BCUT2D eigenvalue weighted by Crippen LogP contribution is -2.38. The van der Waals surface area contributed by atoms with Gasteiger partial charge < -0.3 is 19.9 Å². The van der Waals surface area contributed by atoms with Crippen LogP contribution in [0, 0.1) is 0 Å². The van der Waals surface area contributed by atoms with Crippen LogP contribution in [0.2, 0.25) is 0 Å². The first-order valence-corrected chi connectivity index (χ1v) is 15.4. The molecule has 9 nitrogen and oxygen atoms in total. The average Bonchev–Trinajstić information content (AvgIpc) is 3.06. The monoisotopic (exact) mass is 603 g/mol. The van der Waals surface area contributed by atoms with E-state index in [1.54, 1.807) is 5.48 Å². The van der Waals surface area contributed by atoms with E-state index in [1.807, 2.05) is 54.6 Å². The van der Waals surface area contributed by atoms with Crippen molar-refractivity contribution in [3.8, 4) is 0 Å². The molecule has 0 aliphatic carbocycles. The van der Waals surface area contributed by atoms with Gasteiger partial charge in [-0.3, -0.25) is 19.7 Å². The van der Waals surface area contributed by atoms with Gasteiger partial charge in [0.25, 0.3) is 0 Å². The van der Waals surface area contributed by atoms with Crippen molar-refractivity contribution in [3.05, 3.63) is 101 Å². The SMILES string of the molecule is C[C@@H](c1ccccc1)N(C)C[C@@H]1C[C@H](c2ccc(CO)cc2)O[C@H](c2cccc(NC(=O)CCCCCCC(=O)NO)c2)O1. The Morgan fingerprint density at radius 3 is 2.27 bits per heavy atom. The van der Waals surface area contributed by atoms with Gasteiger partial charge in [0.2, 0.25) is 11.8 Å². The fourth-order valence-corrected chi connectivity index (χ4v) is 5.47. The number of rotatable bonds is 15. The summed E-state index contributed by atoms with van der Waals surface area (Å²) in [5, 5.41) is 21.1. The van der Waals surface area contributed by atoms with Crippen molar-refractivity contribution in [1.29, 1.82) is 0 Å². The molecule has 0 radical (unpaired) electrons. The first kappa shape index (κ1) is 33.3. The van der Waals surface area contributed by atoms with Crippen molar-refractivity contribution >= 4 is 17.5 Å². The number of aliphatic hydroxyl groups is 1.